The zero-order chi connectivity index (χ0) is 22.8. The molecule has 0 saturated carbocycles. The fourth-order valence-corrected chi connectivity index (χ4v) is 3.20. The molecule has 3 aromatic rings. The molecular formula is C23H24FN3O4. The topological polar surface area (TPSA) is 90.4 Å². The third-order valence-electron chi connectivity index (χ3n) is 4.43. The summed E-state index contributed by atoms with van der Waals surface area (Å²) in [5.74, 6) is -1.18. The molecule has 1 aromatic carbocycles. The van der Waals surface area contributed by atoms with Crippen molar-refractivity contribution in [2.24, 2.45) is 0 Å². The molecule has 3 rings (SSSR count). The zero-order valence-electron chi connectivity index (χ0n) is 18.0. The molecule has 2 aromatic heterocycles. The molecule has 1 N–H and O–H groups in total. The summed E-state index contributed by atoms with van der Waals surface area (Å²) in [5.41, 5.74) is 1.000. The number of nitrogens with zero attached hydrogens (tertiary/aromatic N) is 2. The molecular weight excluding hydrogens is 401 g/mol. The highest BCUT2D eigenvalue weighted by Gasteiger charge is 2.28. The highest BCUT2D eigenvalue weighted by atomic mass is 19.1. The first-order valence-corrected chi connectivity index (χ1v) is 9.73. The number of aromatic nitrogens is 2. The van der Waals surface area contributed by atoms with Gasteiger partial charge in [0.2, 0.25) is 0 Å². The van der Waals surface area contributed by atoms with E-state index in [0.29, 0.717) is 27.9 Å². The van der Waals surface area contributed by atoms with Crippen LogP contribution in [0.5, 0.6) is 0 Å². The maximum Gasteiger partial charge on any atom is 0.408 e. The molecule has 0 spiro atoms. The number of benzene rings is 1. The number of methoxy groups -OCH3 is 1. The fraction of sp³-hybridized carbons (Fsp3) is 0.304. The molecule has 0 aliphatic heterocycles. The van der Waals surface area contributed by atoms with E-state index in [9.17, 15) is 14.0 Å². The van der Waals surface area contributed by atoms with Crippen LogP contribution < -0.4 is 5.32 Å². The number of alkyl carbamates (subject to hydrolysis) is 1. The molecule has 0 saturated heterocycles. The van der Waals surface area contributed by atoms with E-state index in [1.54, 1.807) is 52.1 Å². The van der Waals surface area contributed by atoms with Crippen LogP contribution in [0.25, 0.3) is 22.2 Å². The summed E-state index contributed by atoms with van der Waals surface area (Å²) in [7, 11) is 1.25. The van der Waals surface area contributed by atoms with Gasteiger partial charge in [0.1, 0.15) is 11.4 Å². The monoisotopic (exact) mass is 425 g/mol. The third-order valence-corrected chi connectivity index (χ3v) is 4.43. The van der Waals surface area contributed by atoms with E-state index in [0.717, 1.165) is 0 Å². The summed E-state index contributed by atoms with van der Waals surface area (Å²) in [6.45, 7) is 6.99. The van der Waals surface area contributed by atoms with Crippen LogP contribution in [0.2, 0.25) is 0 Å². The maximum absolute atomic E-state index is 14.0. The maximum atomic E-state index is 14.0. The number of pyridine rings is 2. The Bertz CT molecular complexity index is 1130. The van der Waals surface area contributed by atoms with Crippen molar-refractivity contribution in [2.75, 3.05) is 7.11 Å². The van der Waals surface area contributed by atoms with Gasteiger partial charge in [0.15, 0.2) is 0 Å². The molecule has 31 heavy (non-hydrogen) atoms. The number of hydrogen-bond acceptors (Lipinski definition) is 6. The minimum Gasteiger partial charge on any atom is -0.465 e. The summed E-state index contributed by atoms with van der Waals surface area (Å²) in [6, 6.07) is 8.52. The molecule has 1 atom stereocenters. The van der Waals surface area contributed by atoms with E-state index < -0.39 is 29.5 Å². The minimum atomic E-state index is -0.681. The SMILES string of the molecule is COC(=O)c1c(-c2ccccn2)c(C(C)NC(=O)OC(C)(C)C)nc2ccc(F)cc12. The minimum absolute atomic E-state index is 0.124. The van der Waals surface area contributed by atoms with E-state index >= 15 is 0 Å². The molecule has 8 heteroatoms. The van der Waals surface area contributed by atoms with Crippen LogP contribution in [0.1, 0.15) is 49.8 Å². The van der Waals surface area contributed by atoms with Crippen LogP contribution in [0.4, 0.5) is 9.18 Å². The Morgan fingerprint density at radius 1 is 1.16 bits per heavy atom. The summed E-state index contributed by atoms with van der Waals surface area (Å²) in [5, 5.41) is 3.04. The van der Waals surface area contributed by atoms with Crippen molar-refractivity contribution in [3.63, 3.8) is 0 Å². The quantitative estimate of drug-likeness (QED) is 0.604. The Kier molecular flexibility index (Phi) is 6.19. The van der Waals surface area contributed by atoms with Gasteiger partial charge in [-0.25, -0.2) is 19.0 Å². The van der Waals surface area contributed by atoms with Crippen molar-refractivity contribution in [1.29, 1.82) is 0 Å². The van der Waals surface area contributed by atoms with Gasteiger partial charge in [0.05, 0.1) is 35.6 Å². The molecule has 1 unspecified atom stereocenters. The second-order valence-corrected chi connectivity index (χ2v) is 7.98. The summed E-state index contributed by atoms with van der Waals surface area (Å²) in [4.78, 5) is 34.1. The summed E-state index contributed by atoms with van der Waals surface area (Å²) in [6.07, 6.45) is 0.939. The molecule has 7 nitrogen and oxygen atoms in total. The van der Waals surface area contributed by atoms with Crippen molar-refractivity contribution in [3.8, 4) is 11.3 Å². The number of nitrogens with one attached hydrogen (secondary N) is 1. The van der Waals surface area contributed by atoms with Crippen LogP contribution in [-0.4, -0.2) is 34.7 Å². The van der Waals surface area contributed by atoms with Crippen LogP contribution in [-0.2, 0) is 9.47 Å². The predicted molar refractivity (Wildman–Crippen MR) is 114 cm³/mol. The Morgan fingerprint density at radius 2 is 1.90 bits per heavy atom. The van der Waals surface area contributed by atoms with Crippen LogP contribution >= 0.6 is 0 Å². The van der Waals surface area contributed by atoms with Gasteiger partial charge >= 0.3 is 12.1 Å². The molecule has 0 bridgehead atoms. The van der Waals surface area contributed by atoms with Crippen LogP contribution in [0.15, 0.2) is 42.6 Å². The van der Waals surface area contributed by atoms with Crippen LogP contribution in [0, 0.1) is 5.82 Å². The number of ether oxygens (including phenoxy) is 2. The number of fused-ring (bicyclic) bond motifs is 1. The highest BCUT2D eigenvalue weighted by Crippen LogP contribution is 2.35. The number of amides is 1. The van der Waals surface area contributed by atoms with Crippen molar-refractivity contribution >= 4 is 23.0 Å². The standard InChI is InChI=1S/C23H24FN3O4/c1-13(26-22(29)31-23(2,3)4)20-19(17-8-6-7-11-25-17)18(21(28)30-5)15-12-14(24)9-10-16(15)27-20/h6-13H,1-5H3,(H,26,29). The van der Waals surface area contributed by atoms with Crippen LogP contribution in [0.3, 0.4) is 0 Å². The normalized spacial score (nSPS) is 12.3. The van der Waals surface area contributed by atoms with E-state index in [-0.39, 0.29) is 5.56 Å². The van der Waals surface area contributed by atoms with E-state index in [1.165, 1.54) is 25.3 Å². The largest absolute Gasteiger partial charge is 0.465 e. The lowest BCUT2D eigenvalue weighted by molar-refractivity contribution is 0.0506. The second kappa shape index (κ2) is 8.67. The first kappa shape index (κ1) is 22.1. The van der Waals surface area contributed by atoms with Crippen molar-refractivity contribution in [1.82, 2.24) is 15.3 Å². The van der Waals surface area contributed by atoms with Crippen molar-refractivity contribution in [2.45, 2.75) is 39.3 Å². The molecule has 1 amide bonds. The Labute approximate surface area is 179 Å². The Balaban J connectivity index is 2.26. The lowest BCUT2D eigenvalue weighted by atomic mass is 9.94. The van der Waals surface area contributed by atoms with Crippen molar-refractivity contribution < 1.29 is 23.5 Å². The van der Waals surface area contributed by atoms with Gasteiger partial charge in [-0.05, 0) is 58.0 Å². The fourth-order valence-electron chi connectivity index (χ4n) is 3.20. The van der Waals surface area contributed by atoms with Gasteiger partial charge in [-0.15, -0.1) is 0 Å². The smallest absolute Gasteiger partial charge is 0.408 e. The molecule has 0 radical (unpaired) electrons. The van der Waals surface area contributed by atoms with E-state index in [4.69, 9.17) is 9.47 Å². The van der Waals surface area contributed by atoms with Gasteiger partial charge < -0.3 is 14.8 Å². The average molecular weight is 425 g/mol. The molecule has 2 heterocycles. The Morgan fingerprint density at radius 3 is 2.52 bits per heavy atom. The lowest BCUT2D eigenvalue weighted by Crippen LogP contribution is -2.34. The van der Waals surface area contributed by atoms with Gasteiger partial charge in [0, 0.05) is 17.1 Å². The number of halogens is 1. The molecule has 0 aliphatic rings. The Hall–Kier alpha value is -3.55. The van der Waals surface area contributed by atoms with Gasteiger partial charge in [-0.2, -0.15) is 0 Å². The molecule has 0 fully saturated rings. The van der Waals surface area contributed by atoms with E-state index in [2.05, 4.69) is 15.3 Å². The van der Waals surface area contributed by atoms with Gasteiger partial charge in [-0.3, -0.25) is 4.98 Å². The predicted octanol–water partition coefficient (Wildman–Crippen LogP) is 4.81. The number of rotatable bonds is 4. The van der Waals surface area contributed by atoms with Gasteiger partial charge in [0.25, 0.3) is 0 Å². The number of carbonyl (C=O) groups excluding carboxylic acids is 2. The third kappa shape index (κ3) is 4.96. The first-order valence-electron chi connectivity index (χ1n) is 9.73. The highest BCUT2D eigenvalue weighted by molar-refractivity contribution is 6.09. The molecule has 0 aliphatic carbocycles. The second-order valence-electron chi connectivity index (χ2n) is 7.98. The van der Waals surface area contributed by atoms with Gasteiger partial charge in [-0.1, -0.05) is 6.07 Å². The summed E-state index contributed by atoms with van der Waals surface area (Å²) < 4.78 is 24.4. The van der Waals surface area contributed by atoms with Crippen molar-refractivity contribution in [3.05, 3.63) is 59.7 Å². The molecule has 162 valence electrons. The first-order chi connectivity index (χ1) is 14.6. The average Bonchev–Trinajstić information content (AvgIpc) is 2.71. The summed E-state index contributed by atoms with van der Waals surface area (Å²) >= 11 is 0. The number of esters is 1. The zero-order valence-corrected chi connectivity index (χ0v) is 18.0. The number of hydrogen-bond donors (Lipinski definition) is 1. The number of carbonyl (C=O) groups is 2. The lowest BCUT2D eigenvalue weighted by Gasteiger charge is -2.23. The van der Waals surface area contributed by atoms with E-state index in [1.807, 2.05) is 0 Å².